The zero-order chi connectivity index (χ0) is 20.1. The number of piperidine rings is 1. The van der Waals surface area contributed by atoms with Crippen molar-refractivity contribution in [3.05, 3.63) is 17.5 Å². The zero-order valence-corrected chi connectivity index (χ0v) is 17.4. The molecular weight excluding hydrogens is 358 g/mol. The number of rotatable bonds is 7. The highest BCUT2D eigenvalue weighted by molar-refractivity contribution is 5.92. The molecule has 156 valence electrons. The molecule has 0 radical (unpaired) electrons. The Bertz CT molecular complexity index is 688. The largest absolute Gasteiger partial charge is 0.367 e. The van der Waals surface area contributed by atoms with Crippen molar-refractivity contribution in [2.24, 2.45) is 0 Å². The Balaban J connectivity index is 1.55. The number of amides is 2. The molecule has 1 N–H and O–H groups in total. The van der Waals surface area contributed by atoms with Gasteiger partial charge in [0.15, 0.2) is 5.69 Å². The van der Waals surface area contributed by atoms with Crippen molar-refractivity contribution < 1.29 is 14.3 Å². The van der Waals surface area contributed by atoms with Crippen LogP contribution in [0.1, 0.15) is 55.7 Å². The van der Waals surface area contributed by atoms with Crippen LogP contribution in [0.5, 0.6) is 0 Å². The van der Waals surface area contributed by atoms with Crippen LogP contribution in [0.2, 0.25) is 0 Å². The van der Waals surface area contributed by atoms with Crippen molar-refractivity contribution >= 4 is 11.8 Å². The normalized spacial score (nSPS) is 18.7. The smallest absolute Gasteiger partial charge is 0.271 e. The topological polar surface area (TPSA) is 79.7 Å². The van der Waals surface area contributed by atoms with Crippen molar-refractivity contribution in [3.8, 4) is 0 Å². The molecule has 0 unspecified atom stereocenters. The monoisotopic (exact) mass is 391 g/mol. The fraction of sp³-hybridized carbons (Fsp3) is 0.750. The number of nitrogens with one attached hydrogen (secondary N) is 1. The van der Waals surface area contributed by atoms with Gasteiger partial charge in [-0.05, 0) is 31.7 Å². The number of fused-ring (bicyclic) bond motifs is 1. The number of nitrogens with zero attached hydrogens (tertiary/aromatic N) is 4. The first kappa shape index (κ1) is 20.8. The van der Waals surface area contributed by atoms with Crippen LogP contribution >= 0.6 is 0 Å². The van der Waals surface area contributed by atoms with Crippen molar-refractivity contribution in [1.29, 1.82) is 0 Å². The van der Waals surface area contributed by atoms with Crippen LogP contribution in [0.3, 0.4) is 0 Å². The summed E-state index contributed by atoms with van der Waals surface area (Å²) in [5, 5.41) is 7.07. The Morgan fingerprint density at radius 3 is 2.54 bits per heavy atom. The van der Waals surface area contributed by atoms with E-state index in [0.717, 1.165) is 57.6 Å². The highest BCUT2D eigenvalue weighted by atomic mass is 16.5. The summed E-state index contributed by atoms with van der Waals surface area (Å²) in [5.41, 5.74) is 1.13. The van der Waals surface area contributed by atoms with Gasteiger partial charge in [0.05, 0.1) is 31.0 Å². The van der Waals surface area contributed by atoms with Crippen LogP contribution in [0, 0.1) is 0 Å². The van der Waals surface area contributed by atoms with Gasteiger partial charge < -0.3 is 15.0 Å². The predicted octanol–water partition coefficient (Wildman–Crippen LogP) is 1.26. The third-order valence-electron chi connectivity index (χ3n) is 5.75. The number of likely N-dealkylation sites (tertiary alicyclic amines) is 1. The van der Waals surface area contributed by atoms with Crippen LogP contribution in [-0.4, -0.2) is 76.8 Å². The van der Waals surface area contributed by atoms with E-state index in [9.17, 15) is 9.59 Å². The van der Waals surface area contributed by atoms with Gasteiger partial charge >= 0.3 is 0 Å². The molecule has 0 bridgehead atoms. The minimum absolute atomic E-state index is 0.173. The van der Waals surface area contributed by atoms with Gasteiger partial charge in [-0.15, -0.1) is 0 Å². The number of ether oxygens (including phenoxy) is 1. The molecule has 2 amide bonds. The lowest BCUT2D eigenvalue weighted by molar-refractivity contribution is -0.139. The maximum absolute atomic E-state index is 12.6. The Morgan fingerprint density at radius 2 is 1.93 bits per heavy atom. The lowest BCUT2D eigenvalue weighted by Crippen LogP contribution is -2.52. The summed E-state index contributed by atoms with van der Waals surface area (Å²) in [6.45, 7) is 9.22. The Kier molecular flexibility index (Phi) is 6.72. The second kappa shape index (κ2) is 9.05. The average molecular weight is 392 g/mol. The SMILES string of the molecule is CCCN(CCC)C(=O)CN1CCC2(CC1)Cn1nc(C(=O)NC)cc1CO2. The summed E-state index contributed by atoms with van der Waals surface area (Å²) in [5.74, 6) is 0.0572. The van der Waals surface area contributed by atoms with Crippen molar-refractivity contribution in [1.82, 2.24) is 24.9 Å². The first-order valence-electron chi connectivity index (χ1n) is 10.4. The molecule has 0 atom stereocenters. The van der Waals surface area contributed by atoms with Gasteiger partial charge in [0.25, 0.3) is 5.91 Å². The van der Waals surface area contributed by atoms with E-state index in [4.69, 9.17) is 4.74 Å². The zero-order valence-electron chi connectivity index (χ0n) is 17.4. The maximum atomic E-state index is 12.6. The van der Waals surface area contributed by atoms with E-state index in [0.29, 0.717) is 25.4 Å². The summed E-state index contributed by atoms with van der Waals surface area (Å²) < 4.78 is 8.14. The Hall–Kier alpha value is -1.93. The number of hydrogen-bond acceptors (Lipinski definition) is 5. The van der Waals surface area contributed by atoms with E-state index in [2.05, 4.69) is 29.2 Å². The molecule has 1 aromatic heterocycles. The van der Waals surface area contributed by atoms with E-state index in [1.54, 1.807) is 13.1 Å². The molecule has 3 heterocycles. The molecule has 1 fully saturated rings. The lowest BCUT2D eigenvalue weighted by Gasteiger charge is -2.44. The molecular formula is C20H33N5O3. The summed E-state index contributed by atoms with van der Waals surface area (Å²) in [6, 6.07) is 1.80. The molecule has 1 spiro atoms. The standard InChI is InChI=1S/C20H33N5O3/c1-4-8-24(9-5-2)18(26)13-23-10-6-20(7-11-23)15-25-16(14-28-20)12-17(22-25)19(27)21-3/h12H,4-11,13-15H2,1-3H3,(H,21,27). The molecule has 0 saturated carbocycles. The quantitative estimate of drug-likeness (QED) is 0.757. The second-order valence-electron chi connectivity index (χ2n) is 7.89. The van der Waals surface area contributed by atoms with Gasteiger partial charge in [0.1, 0.15) is 0 Å². The van der Waals surface area contributed by atoms with E-state index >= 15 is 0 Å². The Morgan fingerprint density at radius 1 is 1.25 bits per heavy atom. The number of carbonyl (C=O) groups is 2. The van der Waals surface area contributed by atoms with E-state index in [1.807, 2.05) is 9.58 Å². The van der Waals surface area contributed by atoms with E-state index in [-0.39, 0.29) is 17.4 Å². The average Bonchev–Trinajstić information content (AvgIpc) is 3.12. The van der Waals surface area contributed by atoms with Crippen molar-refractivity contribution in [3.63, 3.8) is 0 Å². The number of aromatic nitrogens is 2. The Labute approximate surface area is 167 Å². The molecule has 1 aromatic rings. The van der Waals surface area contributed by atoms with Gasteiger partial charge in [-0.2, -0.15) is 5.10 Å². The minimum Gasteiger partial charge on any atom is -0.367 e. The van der Waals surface area contributed by atoms with Crippen molar-refractivity contribution in [2.75, 3.05) is 39.8 Å². The molecule has 0 aromatic carbocycles. The van der Waals surface area contributed by atoms with E-state index in [1.165, 1.54) is 0 Å². The third-order valence-corrected chi connectivity index (χ3v) is 5.75. The first-order chi connectivity index (χ1) is 13.5. The van der Waals surface area contributed by atoms with Crippen LogP contribution < -0.4 is 5.32 Å². The molecule has 1 saturated heterocycles. The first-order valence-corrected chi connectivity index (χ1v) is 10.4. The van der Waals surface area contributed by atoms with Crippen LogP contribution in [0.15, 0.2) is 6.07 Å². The van der Waals surface area contributed by atoms with Crippen LogP contribution in [0.25, 0.3) is 0 Å². The molecule has 28 heavy (non-hydrogen) atoms. The fourth-order valence-corrected chi connectivity index (χ4v) is 4.11. The summed E-state index contributed by atoms with van der Waals surface area (Å²) in [6.07, 6.45) is 3.73. The highest BCUT2D eigenvalue weighted by Gasteiger charge is 2.40. The fourth-order valence-electron chi connectivity index (χ4n) is 4.11. The molecule has 8 heteroatoms. The summed E-state index contributed by atoms with van der Waals surface area (Å²) in [4.78, 5) is 28.7. The van der Waals surface area contributed by atoms with Crippen LogP contribution in [-0.2, 0) is 22.7 Å². The third kappa shape index (κ3) is 4.55. The lowest BCUT2D eigenvalue weighted by atomic mass is 9.90. The predicted molar refractivity (Wildman–Crippen MR) is 106 cm³/mol. The van der Waals surface area contributed by atoms with Crippen LogP contribution in [0.4, 0.5) is 0 Å². The molecule has 2 aliphatic heterocycles. The summed E-state index contributed by atoms with van der Waals surface area (Å²) >= 11 is 0. The van der Waals surface area contributed by atoms with E-state index < -0.39 is 0 Å². The second-order valence-corrected chi connectivity index (χ2v) is 7.89. The maximum Gasteiger partial charge on any atom is 0.271 e. The van der Waals surface area contributed by atoms with Gasteiger partial charge in [-0.25, -0.2) is 0 Å². The van der Waals surface area contributed by atoms with Gasteiger partial charge in [-0.1, -0.05) is 13.8 Å². The molecule has 3 rings (SSSR count). The summed E-state index contributed by atoms with van der Waals surface area (Å²) in [7, 11) is 1.61. The molecule has 0 aliphatic carbocycles. The molecule has 2 aliphatic rings. The van der Waals surface area contributed by atoms with Gasteiger partial charge in [-0.3, -0.25) is 19.2 Å². The van der Waals surface area contributed by atoms with Crippen molar-refractivity contribution in [2.45, 2.75) is 58.3 Å². The number of carbonyl (C=O) groups excluding carboxylic acids is 2. The molecule has 8 nitrogen and oxygen atoms in total. The van der Waals surface area contributed by atoms with Gasteiger partial charge in [0.2, 0.25) is 5.91 Å². The highest BCUT2D eigenvalue weighted by Crippen LogP contribution is 2.33. The van der Waals surface area contributed by atoms with Gasteiger partial charge in [0, 0.05) is 33.2 Å². The number of hydrogen-bond donors (Lipinski definition) is 1. The minimum atomic E-state index is -0.245.